The molecule has 2 rings (SSSR count). The van der Waals surface area contributed by atoms with Crippen molar-refractivity contribution in [1.82, 2.24) is 15.5 Å². The van der Waals surface area contributed by atoms with Crippen molar-refractivity contribution < 1.29 is 23.8 Å². The van der Waals surface area contributed by atoms with Crippen LogP contribution < -0.4 is 24.8 Å². The molecule has 1 saturated carbocycles. The minimum absolute atomic E-state index is 0.00915. The molecule has 0 heterocycles. The highest BCUT2D eigenvalue weighted by molar-refractivity contribution is 5.98. The molecule has 2 amide bonds. The third-order valence-corrected chi connectivity index (χ3v) is 6.74. The van der Waals surface area contributed by atoms with Crippen molar-refractivity contribution in [1.29, 1.82) is 0 Å². The molecule has 0 unspecified atom stereocenters. The van der Waals surface area contributed by atoms with Gasteiger partial charge in [0, 0.05) is 17.6 Å². The van der Waals surface area contributed by atoms with Crippen LogP contribution in [0.25, 0.3) is 0 Å². The molecule has 34 heavy (non-hydrogen) atoms. The molecule has 0 spiro atoms. The van der Waals surface area contributed by atoms with E-state index in [1.807, 2.05) is 6.92 Å². The third kappa shape index (κ3) is 7.01. The van der Waals surface area contributed by atoms with Gasteiger partial charge >= 0.3 is 0 Å². The van der Waals surface area contributed by atoms with Gasteiger partial charge in [0.15, 0.2) is 11.5 Å². The van der Waals surface area contributed by atoms with Crippen LogP contribution in [0.5, 0.6) is 17.2 Å². The number of nitrogens with one attached hydrogen (secondary N) is 2. The Morgan fingerprint density at radius 2 is 1.68 bits per heavy atom. The Bertz CT molecular complexity index is 781. The highest BCUT2D eigenvalue weighted by Gasteiger charge is 2.36. The van der Waals surface area contributed by atoms with Crippen molar-refractivity contribution in [3.63, 3.8) is 0 Å². The molecule has 8 nitrogen and oxygen atoms in total. The summed E-state index contributed by atoms with van der Waals surface area (Å²) in [6.07, 6.45) is 7.71. The Balaban J connectivity index is 2.14. The summed E-state index contributed by atoms with van der Waals surface area (Å²) >= 11 is 0. The average Bonchev–Trinajstić information content (AvgIpc) is 3.32. The fraction of sp³-hybridized carbons (Fsp3) is 0.692. The van der Waals surface area contributed by atoms with E-state index in [4.69, 9.17) is 14.2 Å². The summed E-state index contributed by atoms with van der Waals surface area (Å²) in [5.74, 6) is 0.816. The van der Waals surface area contributed by atoms with Crippen LogP contribution in [0.15, 0.2) is 12.1 Å². The van der Waals surface area contributed by atoms with E-state index >= 15 is 0 Å². The van der Waals surface area contributed by atoms with Crippen molar-refractivity contribution in [2.24, 2.45) is 0 Å². The zero-order valence-corrected chi connectivity index (χ0v) is 21.8. The van der Waals surface area contributed by atoms with Gasteiger partial charge in [-0.05, 0) is 51.9 Å². The van der Waals surface area contributed by atoms with Crippen LogP contribution in [0.2, 0.25) is 0 Å². The van der Waals surface area contributed by atoms with Crippen LogP contribution in [-0.2, 0) is 4.79 Å². The van der Waals surface area contributed by atoms with E-state index < -0.39 is 6.04 Å². The molecule has 1 aromatic rings. The number of rotatable bonds is 14. The van der Waals surface area contributed by atoms with Crippen molar-refractivity contribution in [3.8, 4) is 17.2 Å². The van der Waals surface area contributed by atoms with E-state index in [0.29, 0.717) is 42.4 Å². The Kier molecular flexibility index (Phi) is 11.0. The van der Waals surface area contributed by atoms with Crippen LogP contribution in [0.4, 0.5) is 0 Å². The Hall–Kier alpha value is -2.48. The van der Waals surface area contributed by atoms with Gasteiger partial charge in [0.2, 0.25) is 11.7 Å². The van der Waals surface area contributed by atoms with Gasteiger partial charge in [-0.3, -0.25) is 9.59 Å². The SMILES string of the molecule is CCCCOc1c(OC)cc(C(=O)N[C@@H](CCC)C(=O)NCC2(N(C)C)CCCC2)cc1OC. The van der Waals surface area contributed by atoms with Gasteiger partial charge < -0.3 is 29.7 Å². The maximum Gasteiger partial charge on any atom is 0.252 e. The zero-order valence-electron chi connectivity index (χ0n) is 21.8. The normalized spacial score (nSPS) is 15.6. The number of nitrogens with zero attached hydrogens (tertiary/aromatic N) is 1. The summed E-state index contributed by atoms with van der Waals surface area (Å²) in [5.41, 5.74) is 0.344. The Morgan fingerprint density at radius 1 is 1.06 bits per heavy atom. The lowest BCUT2D eigenvalue weighted by atomic mass is 9.95. The molecule has 0 aromatic heterocycles. The summed E-state index contributed by atoms with van der Waals surface area (Å²) in [5, 5.41) is 6.02. The molecule has 8 heteroatoms. The summed E-state index contributed by atoms with van der Waals surface area (Å²) in [4.78, 5) is 28.4. The molecule has 1 aliphatic carbocycles. The first-order valence-corrected chi connectivity index (χ1v) is 12.5. The number of unbranched alkanes of at least 4 members (excludes halogenated alkanes) is 1. The molecule has 2 N–H and O–H groups in total. The first kappa shape index (κ1) is 27.8. The van der Waals surface area contributed by atoms with Crippen LogP contribution >= 0.6 is 0 Å². The molecular formula is C26H43N3O5. The van der Waals surface area contributed by atoms with Crippen LogP contribution in [-0.4, -0.2) is 69.8 Å². The fourth-order valence-electron chi connectivity index (χ4n) is 4.46. The van der Waals surface area contributed by atoms with Crippen molar-refractivity contribution in [2.45, 2.75) is 76.8 Å². The van der Waals surface area contributed by atoms with E-state index in [9.17, 15) is 9.59 Å². The first-order chi connectivity index (χ1) is 16.3. The largest absolute Gasteiger partial charge is 0.493 e. The maximum atomic E-state index is 13.1. The molecule has 0 saturated heterocycles. The van der Waals surface area contributed by atoms with Gasteiger partial charge in [0.1, 0.15) is 6.04 Å². The molecule has 0 aliphatic heterocycles. The quantitative estimate of drug-likeness (QED) is 0.397. The number of ether oxygens (including phenoxy) is 3. The van der Waals surface area contributed by atoms with Crippen molar-refractivity contribution in [2.75, 3.05) is 41.5 Å². The standard InChI is InChI=1S/C26H43N3O5/c1-7-9-15-34-23-21(32-5)16-19(17-22(23)33-6)24(30)28-20(12-8-2)25(31)27-18-26(29(3)4)13-10-11-14-26/h16-17,20H,7-15,18H2,1-6H3,(H,27,31)(H,28,30)/t20-/m0/s1. The molecule has 1 aromatic carbocycles. The lowest BCUT2D eigenvalue weighted by Crippen LogP contribution is -2.54. The lowest BCUT2D eigenvalue weighted by Gasteiger charge is -2.37. The maximum absolute atomic E-state index is 13.1. The molecule has 192 valence electrons. The highest BCUT2D eigenvalue weighted by atomic mass is 16.5. The number of likely N-dealkylation sites (N-methyl/N-ethyl adjacent to an activating group) is 1. The molecule has 1 aliphatic rings. The number of amides is 2. The van der Waals surface area contributed by atoms with Crippen LogP contribution in [0.1, 0.15) is 75.6 Å². The molecule has 0 bridgehead atoms. The third-order valence-electron chi connectivity index (χ3n) is 6.74. The van der Waals surface area contributed by atoms with Crippen molar-refractivity contribution in [3.05, 3.63) is 17.7 Å². The van der Waals surface area contributed by atoms with Gasteiger partial charge in [0.05, 0.1) is 20.8 Å². The molecule has 1 fully saturated rings. The Morgan fingerprint density at radius 3 is 2.18 bits per heavy atom. The van der Waals surface area contributed by atoms with E-state index in [-0.39, 0.29) is 17.4 Å². The van der Waals surface area contributed by atoms with E-state index in [2.05, 4.69) is 36.6 Å². The summed E-state index contributed by atoms with van der Waals surface area (Å²) < 4.78 is 16.8. The van der Waals surface area contributed by atoms with Crippen molar-refractivity contribution >= 4 is 11.8 Å². The monoisotopic (exact) mass is 477 g/mol. The van der Waals surface area contributed by atoms with E-state index in [1.165, 1.54) is 27.1 Å². The second kappa shape index (κ2) is 13.4. The molecule has 0 radical (unpaired) electrons. The number of hydrogen-bond acceptors (Lipinski definition) is 6. The van der Waals surface area contributed by atoms with Gasteiger partial charge in [0.25, 0.3) is 5.91 Å². The summed E-state index contributed by atoms with van der Waals surface area (Å²) in [6, 6.07) is 2.63. The van der Waals surface area contributed by atoms with E-state index in [0.717, 1.165) is 32.1 Å². The summed E-state index contributed by atoms with van der Waals surface area (Å²) in [6.45, 7) is 5.20. The van der Waals surface area contributed by atoms with Gasteiger partial charge in [-0.15, -0.1) is 0 Å². The number of hydrogen-bond donors (Lipinski definition) is 2. The second-order valence-corrected chi connectivity index (χ2v) is 9.27. The first-order valence-electron chi connectivity index (χ1n) is 12.5. The topological polar surface area (TPSA) is 89.1 Å². The Labute approximate surface area is 204 Å². The number of benzene rings is 1. The average molecular weight is 478 g/mol. The van der Waals surface area contributed by atoms with Gasteiger partial charge in [-0.1, -0.05) is 39.5 Å². The number of carbonyl (C=O) groups excluding carboxylic acids is 2. The van der Waals surface area contributed by atoms with Crippen LogP contribution in [0.3, 0.4) is 0 Å². The fourth-order valence-corrected chi connectivity index (χ4v) is 4.46. The number of carbonyl (C=O) groups is 2. The van der Waals surface area contributed by atoms with Gasteiger partial charge in [-0.2, -0.15) is 0 Å². The minimum atomic E-state index is -0.615. The predicted octanol–water partition coefficient (Wildman–Crippen LogP) is 3.77. The highest BCUT2D eigenvalue weighted by Crippen LogP contribution is 2.39. The van der Waals surface area contributed by atoms with Gasteiger partial charge in [-0.25, -0.2) is 0 Å². The minimum Gasteiger partial charge on any atom is -0.493 e. The van der Waals surface area contributed by atoms with E-state index in [1.54, 1.807) is 12.1 Å². The zero-order chi connectivity index (χ0) is 25.1. The second-order valence-electron chi connectivity index (χ2n) is 9.27. The summed E-state index contributed by atoms with van der Waals surface area (Å²) in [7, 11) is 7.19. The molecular weight excluding hydrogens is 434 g/mol. The predicted molar refractivity (Wildman–Crippen MR) is 134 cm³/mol. The lowest BCUT2D eigenvalue weighted by molar-refractivity contribution is -0.123. The smallest absolute Gasteiger partial charge is 0.252 e. The molecule has 1 atom stereocenters. The number of methoxy groups -OCH3 is 2. The van der Waals surface area contributed by atoms with Crippen LogP contribution in [0, 0.1) is 0 Å².